The molecular formula is C77H118O6. The average Bonchev–Trinajstić information content (AvgIpc) is 2.57. The molecule has 0 N–H and O–H groups in total. The normalized spacial score (nSPS) is 32.1. The zero-order valence-corrected chi connectivity index (χ0v) is 53.9. The van der Waals surface area contributed by atoms with Crippen LogP contribution >= 0.6 is 0 Å². The zero-order chi connectivity index (χ0) is 57.9. The van der Waals surface area contributed by atoms with E-state index in [4.69, 9.17) is 18.9 Å². The van der Waals surface area contributed by atoms with Crippen LogP contribution in [0.3, 0.4) is 0 Å². The van der Waals surface area contributed by atoms with E-state index in [0.29, 0.717) is 24.5 Å². The summed E-state index contributed by atoms with van der Waals surface area (Å²) in [5.41, 5.74) is 6.63. The first-order chi connectivity index (χ1) is 40.4. The first-order valence-electron chi connectivity index (χ1n) is 36.1. The minimum Gasteiger partial charge on any atom is -0.494 e. The van der Waals surface area contributed by atoms with E-state index in [2.05, 4.69) is 90.9 Å². The summed E-state index contributed by atoms with van der Waals surface area (Å²) < 4.78 is 27.0. The van der Waals surface area contributed by atoms with Gasteiger partial charge in [0.1, 0.15) is 23.7 Å². The number of ether oxygens (including phenoxy) is 4. The number of allylic oxidation sites excluding steroid dienone is 1. The van der Waals surface area contributed by atoms with Gasteiger partial charge >= 0.3 is 11.9 Å². The molecule has 2 aromatic rings. The van der Waals surface area contributed by atoms with Crippen LogP contribution in [0.5, 0.6) is 11.5 Å². The minimum atomic E-state index is -0.699. The molecule has 0 aromatic heterocycles. The molecule has 0 aliphatic heterocycles. The lowest BCUT2D eigenvalue weighted by molar-refractivity contribution is -0.171. The Balaban J connectivity index is 0.888. The Hall–Kier alpha value is -3.28. The lowest BCUT2D eigenvalue weighted by Crippen LogP contribution is -2.51. The molecule has 0 unspecified atom stereocenters. The van der Waals surface area contributed by atoms with E-state index >= 15 is 9.59 Å². The molecule has 0 saturated heterocycles. The average molecular weight is 1140 g/mol. The summed E-state index contributed by atoms with van der Waals surface area (Å²) in [6.45, 7) is 18.6. The number of fused-ring (bicyclic) bond motifs is 6. The van der Waals surface area contributed by atoms with E-state index in [1.807, 2.05) is 0 Å². The van der Waals surface area contributed by atoms with Crippen molar-refractivity contribution in [1.82, 2.24) is 0 Å². The summed E-state index contributed by atoms with van der Waals surface area (Å²) in [4.78, 5) is 31.4. The predicted molar refractivity (Wildman–Crippen MR) is 341 cm³/mol. The number of carbonyl (C=O) groups excluding carboxylic acids is 2. The molecule has 11 rings (SSSR count). The monoisotopic (exact) mass is 1140 g/mol. The van der Waals surface area contributed by atoms with Crippen LogP contribution < -0.4 is 9.47 Å². The topological polar surface area (TPSA) is 71.1 Å². The van der Waals surface area contributed by atoms with Crippen molar-refractivity contribution in [2.45, 2.75) is 304 Å². The zero-order valence-electron chi connectivity index (χ0n) is 53.9. The number of hydrogen-bond donors (Lipinski definition) is 0. The Bertz CT molecular complexity index is 2410. The highest BCUT2D eigenvalue weighted by molar-refractivity contribution is 5.88. The van der Waals surface area contributed by atoms with Gasteiger partial charge in [0.15, 0.2) is 0 Å². The van der Waals surface area contributed by atoms with Crippen molar-refractivity contribution in [2.24, 2.45) is 70.0 Å². The lowest BCUT2D eigenvalue weighted by atomic mass is 9.47. The van der Waals surface area contributed by atoms with Gasteiger partial charge in [-0.1, -0.05) is 214 Å². The summed E-state index contributed by atoms with van der Waals surface area (Å²) in [6, 6.07) is 13.2. The molecule has 9 aliphatic rings. The second-order valence-electron chi connectivity index (χ2n) is 30.2. The number of benzene rings is 2. The molecule has 5 fully saturated rings. The van der Waals surface area contributed by atoms with Crippen molar-refractivity contribution >= 4 is 11.9 Å². The SMILES string of the molecule is CCCCCCCCCCOc1ccc2c(c1)[C@@H]1c3ccc(OCCCCCCCCCC)cc3[C@H]2[C@@H](C(=O)O[C@H]2CC[C@@]3(C)C(=CC[C@H]4[C@@H]5CC[C@H]([C@H](C)CCCC(C)C)[C@@]5(C)CC[C@@H]43)C2)[C@@H]1C(=O)OC1CCC(C2CCCCC2)CC1. The molecular weight excluding hydrogens is 1020 g/mol. The maximum absolute atomic E-state index is 15.8. The number of esters is 2. The van der Waals surface area contributed by atoms with Crippen LogP contribution in [0.15, 0.2) is 48.0 Å². The summed E-state index contributed by atoms with van der Waals surface area (Å²) in [5, 5.41) is 0. The molecule has 9 aliphatic carbocycles. The summed E-state index contributed by atoms with van der Waals surface area (Å²) in [5.74, 6) is 5.47. The molecule has 0 radical (unpaired) electrons. The molecule has 0 amide bonds. The van der Waals surface area contributed by atoms with Crippen LogP contribution in [0.2, 0.25) is 0 Å². The van der Waals surface area contributed by atoms with Crippen molar-refractivity contribution in [1.29, 1.82) is 0 Å². The fourth-order valence-electron chi connectivity index (χ4n) is 19.9. The molecule has 462 valence electrons. The van der Waals surface area contributed by atoms with Gasteiger partial charge in [-0.2, -0.15) is 0 Å². The van der Waals surface area contributed by atoms with E-state index in [1.165, 1.54) is 173 Å². The molecule has 12 atom stereocenters. The van der Waals surface area contributed by atoms with Gasteiger partial charge in [-0.05, 0) is 188 Å². The Morgan fingerprint density at radius 1 is 0.530 bits per heavy atom. The first kappa shape index (κ1) is 62.8. The van der Waals surface area contributed by atoms with Crippen molar-refractivity contribution in [2.75, 3.05) is 13.2 Å². The van der Waals surface area contributed by atoms with Crippen molar-refractivity contribution in [3.63, 3.8) is 0 Å². The number of hydrogen-bond acceptors (Lipinski definition) is 6. The first-order valence-corrected chi connectivity index (χ1v) is 36.1. The van der Waals surface area contributed by atoms with Crippen LogP contribution in [0.25, 0.3) is 0 Å². The minimum absolute atomic E-state index is 0.115. The third-order valence-corrected chi connectivity index (χ3v) is 24.5. The van der Waals surface area contributed by atoms with Gasteiger partial charge in [0, 0.05) is 18.3 Å². The van der Waals surface area contributed by atoms with Crippen molar-refractivity contribution < 1.29 is 28.5 Å². The summed E-state index contributed by atoms with van der Waals surface area (Å²) >= 11 is 0. The lowest BCUT2D eigenvalue weighted by Gasteiger charge is -2.58. The molecule has 6 nitrogen and oxygen atoms in total. The largest absolute Gasteiger partial charge is 0.494 e. The highest BCUT2D eigenvalue weighted by Gasteiger charge is 2.61. The van der Waals surface area contributed by atoms with Gasteiger partial charge in [-0.3, -0.25) is 9.59 Å². The Morgan fingerprint density at radius 3 is 1.64 bits per heavy atom. The number of unbranched alkanes of at least 4 members (excludes halogenated alkanes) is 14. The van der Waals surface area contributed by atoms with Gasteiger partial charge in [0.25, 0.3) is 0 Å². The summed E-state index contributed by atoms with van der Waals surface area (Å²) in [6.07, 6.45) is 46.9. The number of rotatable bonds is 30. The van der Waals surface area contributed by atoms with Crippen molar-refractivity contribution in [3.05, 3.63) is 70.3 Å². The third-order valence-electron chi connectivity index (χ3n) is 24.5. The predicted octanol–water partition coefficient (Wildman–Crippen LogP) is 21.2. The standard InChI is InChI=1S/C77H118O6/c1-8-10-12-14-16-18-20-25-48-80-59-38-41-63-65(51-59)70-62-40-37-60(81-49-26-21-19-17-15-13-11-9-2)52-66(62)71(63)73(72(70)74(78)82-58-35-32-56(33-36-58)55-30-23-22-24-31-55)75(79)83-61-44-46-76(6)57(50-61)34-39-64-68-43-42-67(54(5)29-27-28-53(3)4)77(68,7)47-45-69(64)76/h34,37-38,40-41,51-56,58,61,64,67-73H,8-33,35-36,39,42-50H2,1-7H3/t54-,56?,58?,61+,64+,67-,68+,69+,70+,71+,72-,73-,76+,77-/m1/s1. The fourth-order valence-corrected chi connectivity index (χ4v) is 19.9. The van der Waals surface area contributed by atoms with Crippen molar-refractivity contribution in [3.8, 4) is 11.5 Å². The van der Waals surface area contributed by atoms with E-state index in [0.717, 1.165) is 133 Å². The third kappa shape index (κ3) is 14.5. The van der Waals surface area contributed by atoms with Gasteiger partial charge < -0.3 is 18.9 Å². The molecule has 0 spiro atoms. The van der Waals surface area contributed by atoms with E-state index in [1.54, 1.807) is 5.57 Å². The smallest absolute Gasteiger partial charge is 0.311 e. The Kier molecular flexibility index (Phi) is 22.4. The quantitative estimate of drug-likeness (QED) is 0.0441. The van der Waals surface area contributed by atoms with Crippen LogP contribution in [0, 0.1) is 70.0 Å². The van der Waals surface area contributed by atoms with Gasteiger partial charge in [-0.25, -0.2) is 0 Å². The van der Waals surface area contributed by atoms with E-state index in [-0.39, 0.29) is 41.4 Å². The Morgan fingerprint density at radius 2 is 1.07 bits per heavy atom. The highest BCUT2D eigenvalue weighted by Crippen LogP contribution is 2.68. The van der Waals surface area contributed by atoms with Crippen LogP contribution in [0.4, 0.5) is 0 Å². The van der Waals surface area contributed by atoms with E-state index in [9.17, 15) is 0 Å². The molecule has 5 saturated carbocycles. The van der Waals surface area contributed by atoms with E-state index < -0.39 is 11.8 Å². The molecule has 83 heavy (non-hydrogen) atoms. The Labute approximate surface area is 506 Å². The fraction of sp³-hybridized carbons (Fsp3) is 0.792. The van der Waals surface area contributed by atoms with Crippen LogP contribution in [-0.4, -0.2) is 37.4 Å². The molecule has 2 bridgehead atoms. The maximum Gasteiger partial charge on any atom is 0.311 e. The molecule has 2 aromatic carbocycles. The highest BCUT2D eigenvalue weighted by atomic mass is 16.6. The molecule has 0 heterocycles. The van der Waals surface area contributed by atoms with Crippen LogP contribution in [-0.2, 0) is 19.1 Å². The van der Waals surface area contributed by atoms with Crippen LogP contribution in [0.1, 0.15) is 314 Å². The molecule has 6 heteroatoms. The second-order valence-corrected chi connectivity index (χ2v) is 30.2. The van der Waals surface area contributed by atoms with Gasteiger partial charge in [-0.15, -0.1) is 0 Å². The van der Waals surface area contributed by atoms with Gasteiger partial charge in [0.05, 0.1) is 25.0 Å². The van der Waals surface area contributed by atoms with Gasteiger partial charge in [0.2, 0.25) is 0 Å². The summed E-state index contributed by atoms with van der Waals surface area (Å²) in [7, 11) is 0. The number of carbonyl (C=O) groups is 2. The maximum atomic E-state index is 15.8. The second kappa shape index (κ2) is 29.6.